The van der Waals surface area contributed by atoms with E-state index in [0.29, 0.717) is 12.2 Å². The average Bonchev–Trinajstić information content (AvgIpc) is 2.64. The Labute approximate surface area is 82.8 Å². The third kappa shape index (κ3) is 1.97. The standard InChI is InChI=1S/C10H14N2O2/c11-9-2-3-10(13)8(6-9)7-12-4-1-5-14-12/h2-3,6,13H,1,4-5,7,11H2. The molecule has 0 amide bonds. The largest absolute Gasteiger partial charge is 0.508 e. The zero-order valence-electron chi connectivity index (χ0n) is 7.94. The lowest BCUT2D eigenvalue weighted by atomic mass is 10.2. The number of aromatic hydroxyl groups is 1. The average molecular weight is 194 g/mol. The Hall–Kier alpha value is -1.26. The predicted molar refractivity (Wildman–Crippen MR) is 53.5 cm³/mol. The van der Waals surface area contributed by atoms with Crippen molar-refractivity contribution in [2.45, 2.75) is 13.0 Å². The Morgan fingerprint density at radius 1 is 1.50 bits per heavy atom. The molecule has 76 valence electrons. The fourth-order valence-corrected chi connectivity index (χ4v) is 1.55. The first-order valence-electron chi connectivity index (χ1n) is 4.71. The van der Waals surface area contributed by atoms with Gasteiger partial charge >= 0.3 is 0 Å². The molecule has 1 aromatic rings. The van der Waals surface area contributed by atoms with Crippen molar-refractivity contribution in [1.29, 1.82) is 0 Å². The van der Waals surface area contributed by atoms with E-state index in [0.717, 1.165) is 25.1 Å². The van der Waals surface area contributed by atoms with Gasteiger partial charge in [0.2, 0.25) is 0 Å². The molecular weight excluding hydrogens is 180 g/mol. The van der Waals surface area contributed by atoms with Crippen LogP contribution < -0.4 is 5.73 Å². The van der Waals surface area contributed by atoms with E-state index >= 15 is 0 Å². The summed E-state index contributed by atoms with van der Waals surface area (Å²) in [7, 11) is 0. The third-order valence-corrected chi connectivity index (χ3v) is 2.28. The monoisotopic (exact) mass is 194 g/mol. The maximum absolute atomic E-state index is 9.56. The van der Waals surface area contributed by atoms with Crippen LogP contribution in [0.1, 0.15) is 12.0 Å². The van der Waals surface area contributed by atoms with Gasteiger partial charge in [-0.3, -0.25) is 4.84 Å². The van der Waals surface area contributed by atoms with Gasteiger partial charge in [0.05, 0.1) is 13.2 Å². The van der Waals surface area contributed by atoms with Gasteiger partial charge in [-0.2, -0.15) is 5.06 Å². The summed E-state index contributed by atoms with van der Waals surface area (Å²) in [5.41, 5.74) is 7.11. The van der Waals surface area contributed by atoms with E-state index in [4.69, 9.17) is 10.6 Å². The summed E-state index contributed by atoms with van der Waals surface area (Å²) in [6.45, 7) is 2.27. The van der Waals surface area contributed by atoms with Crippen LogP contribution in [-0.2, 0) is 11.4 Å². The smallest absolute Gasteiger partial charge is 0.120 e. The minimum absolute atomic E-state index is 0.273. The molecule has 2 rings (SSSR count). The van der Waals surface area contributed by atoms with Gasteiger partial charge in [0.25, 0.3) is 0 Å². The van der Waals surface area contributed by atoms with Crippen molar-refractivity contribution in [1.82, 2.24) is 5.06 Å². The van der Waals surface area contributed by atoms with Crippen molar-refractivity contribution in [2.75, 3.05) is 18.9 Å². The van der Waals surface area contributed by atoms with E-state index in [-0.39, 0.29) is 5.75 Å². The van der Waals surface area contributed by atoms with Gasteiger partial charge in [-0.05, 0) is 24.6 Å². The summed E-state index contributed by atoms with van der Waals surface area (Å²) in [4.78, 5) is 5.33. The van der Waals surface area contributed by atoms with Crippen LogP contribution in [0, 0.1) is 0 Å². The SMILES string of the molecule is Nc1ccc(O)c(CN2CCCO2)c1. The molecule has 0 saturated carbocycles. The van der Waals surface area contributed by atoms with E-state index in [1.54, 1.807) is 18.2 Å². The van der Waals surface area contributed by atoms with Gasteiger partial charge < -0.3 is 10.8 Å². The summed E-state index contributed by atoms with van der Waals surface area (Å²) in [5, 5.41) is 11.4. The second-order valence-electron chi connectivity index (χ2n) is 3.44. The van der Waals surface area contributed by atoms with Gasteiger partial charge in [0.15, 0.2) is 0 Å². The molecule has 14 heavy (non-hydrogen) atoms. The lowest BCUT2D eigenvalue weighted by Gasteiger charge is -2.14. The molecule has 0 radical (unpaired) electrons. The van der Waals surface area contributed by atoms with Crippen LogP contribution in [0.2, 0.25) is 0 Å². The Balaban J connectivity index is 2.10. The summed E-state index contributed by atoms with van der Waals surface area (Å²) in [6, 6.07) is 5.07. The molecule has 0 unspecified atom stereocenters. The molecular formula is C10H14N2O2. The molecule has 1 aliphatic rings. The number of phenols is 1. The first-order chi connectivity index (χ1) is 6.75. The Kier molecular flexibility index (Phi) is 2.56. The highest BCUT2D eigenvalue weighted by molar-refractivity contribution is 5.47. The summed E-state index contributed by atoms with van der Waals surface area (Å²) in [5.74, 6) is 0.273. The predicted octanol–water partition coefficient (Wildman–Crippen LogP) is 1.11. The van der Waals surface area contributed by atoms with Crippen molar-refractivity contribution in [3.63, 3.8) is 0 Å². The second-order valence-corrected chi connectivity index (χ2v) is 3.44. The maximum Gasteiger partial charge on any atom is 0.120 e. The topological polar surface area (TPSA) is 58.7 Å². The molecule has 1 saturated heterocycles. The molecule has 0 aromatic heterocycles. The number of nitrogens with zero attached hydrogens (tertiary/aromatic N) is 1. The zero-order valence-corrected chi connectivity index (χ0v) is 7.94. The lowest BCUT2D eigenvalue weighted by Crippen LogP contribution is -2.17. The molecule has 4 nitrogen and oxygen atoms in total. The fraction of sp³-hybridized carbons (Fsp3) is 0.400. The quantitative estimate of drug-likeness (QED) is 0.547. The first kappa shape index (κ1) is 9.30. The van der Waals surface area contributed by atoms with Crippen molar-refractivity contribution < 1.29 is 9.94 Å². The third-order valence-electron chi connectivity index (χ3n) is 2.28. The summed E-state index contributed by atoms with van der Waals surface area (Å²) in [6.07, 6.45) is 1.04. The Bertz CT molecular complexity index is 322. The van der Waals surface area contributed by atoms with Crippen LogP contribution in [0.15, 0.2) is 18.2 Å². The number of rotatable bonds is 2. The molecule has 4 heteroatoms. The maximum atomic E-state index is 9.56. The van der Waals surface area contributed by atoms with Crippen LogP contribution in [0.4, 0.5) is 5.69 Å². The van der Waals surface area contributed by atoms with Crippen molar-refractivity contribution in [3.05, 3.63) is 23.8 Å². The number of hydrogen-bond acceptors (Lipinski definition) is 4. The van der Waals surface area contributed by atoms with Crippen LogP contribution in [-0.4, -0.2) is 23.3 Å². The van der Waals surface area contributed by atoms with Crippen molar-refractivity contribution in [3.8, 4) is 5.75 Å². The van der Waals surface area contributed by atoms with Crippen LogP contribution in [0.5, 0.6) is 5.75 Å². The molecule has 0 atom stereocenters. The Morgan fingerprint density at radius 3 is 3.07 bits per heavy atom. The van der Waals surface area contributed by atoms with Gasteiger partial charge in [-0.15, -0.1) is 0 Å². The first-order valence-corrected chi connectivity index (χ1v) is 4.71. The molecule has 1 heterocycles. The van der Waals surface area contributed by atoms with Crippen LogP contribution in [0.3, 0.4) is 0 Å². The van der Waals surface area contributed by atoms with E-state index in [1.165, 1.54) is 0 Å². The molecule has 3 N–H and O–H groups in total. The highest BCUT2D eigenvalue weighted by Crippen LogP contribution is 2.22. The van der Waals surface area contributed by atoms with Crippen molar-refractivity contribution in [2.24, 2.45) is 0 Å². The van der Waals surface area contributed by atoms with E-state index < -0.39 is 0 Å². The minimum atomic E-state index is 0.273. The number of hydroxylamine groups is 2. The lowest BCUT2D eigenvalue weighted by molar-refractivity contribution is -0.117. The zero-order chi connectivity index (χ0) is 9.97. The van der Waals surface area contributed by atoms with Crippen LogP contribution >= 0.6 is 0 Å². The number of hydrogen-bond donors (Lipinski definition) is 2. The van der Waals surface area contributed by atoms with Gasteiger partial charge in [-0.25, -0.2) is 0 Å². The highest BCUT2D eigenvalue weighted by atomic mass is 16.7. The second kappa shape index (κ2) is 3.86. The fourth-order valence-electron chi connectivity index (χ4n) is 1.55. The molecule has 0 bridgehead atoms. The molecule has 0 spiro atoms. The van der Waals surface area contributed by atoms with E-state index in [1.807, 2.05) is 5.06 Å². The molecule has 1 aliphatic heterocycles. The normalized spacial score (nSPS) is 17.4. The highest BCUT2D eigenvalue weighted by Gasteiger charge is 2.14. The van der Waals surface area contributed by atoms with Crippen LogP contribution in [0.25, 0.3) is 0 Å². The summed E-state index contributed by atoms with van der Waals surface area (Å²) < 4.78 is 0. The van der Waals surface area contributed by atoms with Gasteiger partial charge in [-0.1, -0.05) is 0 Å². The Morgan fingerprint density at radius 2 is 2.36 bits per heavy atom. The molecule has 0 aliphatic carbocycles. The van der Waals surface area contributed by atoms with Gasteiger partial charge in [0, 0.05) is 17.8 Å². The number of benzene rings is 1. The number of nitrogen functional groups attached to an aromatic ring is 1. The van der Waals surface area contributed by atoms with Gasteiger partial charge in [0.1, 0.15) is 5.75 Å². The summed E-state index contributed by atoms with van der Waals surface area (Å²) >= 11 is 0. The molecule has 1 fully saturated rings. The van der Waals surface area contributed by atoms with E-state index in [9.17, 15) is 5.11 Å². The number of anilines is 1. The van der Waals surface area contributed by atoms with Crippen molar-refractivity contribution >= 4 is 5.69 Å². The minimum Gasteiger partial charge on any atom is -0.508 e. The van der Waals surface area contributed by atoms with E-state index in [2.05, 4.69) is 0 Å². The number of nitrogens with two attached hydrogens (primary N) is 1. The molecule has 1 aromatic carbocycles. The number of phenolic OH excluding ortho intramolecular Hbond substituents is 1.